The molecule has 0 aromatic carbocycles. The lowest BCUT2D eigenvalue weighted by atomic mass is 10.1. The van der Waals surface area contributed by atoms with E-state index in [0.717, 1.165) is 0 Å². The average Bonchev–Trinajstić information content (AvgIpc) is 2.35. The lowest BCUT2D eigenvalue weighted by molar-refractivity contribution is 0.0601. The minimum absolute atomic E-state index is 0.00653. The first-order valence-corrected chi connectivity index (χ1v) is 8.07. The van der Waals surface area contributed by atoms with Crippen LogP contribution in [-0.4, -0.2) is 48.0 Å². The van der Waals surface area contributed by atoms with E-state index in [0.29, 0.717) is 12.2 Å². The number of rotatable bonds is 7. The molecular formula is C13H23N3O3S. The molecule has 0 saturated carbocycles. The van der Waals surface area contributed by atoms with Gasteiger partial charge >= 0.3 is 0 Å². The first kappa shape index (κ1) is 16.9. The van der Waals surface area contributed by atoms with Crippen LogP contribution in [0, 0.1) is 0 Å². The van der Waals surface area contributed by atoms with Gasteiger partial charge in [0.25, 0.3) is 10.0 Å². The number of pyridine rings is 1. The van der Waals surface area contributed by atoms with E-state index < -0.39 is 15.6 Å². The highest BCUT2D eigenvalue weighted by Crippen LogP contribution is 2.23. The summed E-state index contributed by atoms with van der Waals surface area (Å²) in [5.74, 6) is 0. The lowest BCUT2D eigenvalue weighted by Gasteiger charge is -2.27. The number of sulfonamides is 1. The van der Waals surface area contributed by atoms with Crippen LogP contribution in [0.3, 0.4) is 0 Å². The normalized spacial score (nSPS) is 12.7. The van der Waals surface area contributed by atoms with Gasteiger partial charge in [-0.3, -0.25) is 0 Å². The van der Waals surface area contributed by atoms with E-state index in [9.17, 15) is 13.5 Å². The van der Waals surface area contributed by atoms with Crippen molar-refractivity contribution in [3.63, 3.8) is 0 Å². The second-order valence-corrected chi connectivity index (χ2v) is 6.98. The molecule has 114 valence electrons. The molecule has 1 aromatic heterocycles. The van der Waals surface area contributed by atoms with Gasteiger partial charge in [-0.25, -0.2) is 13.4 Å². The van der Waals surface area contributed by atoms with E-state index in [1.54, 1.807) is 32.9 Å². The third-order valence-corrected chi connectivity index (χ3v) is 4.52. The largest absolute Gasteiger partial charge is 0.389 e. The summed E-state index contributed by atoms with van der Waals surface area (Å²) < 4.78 is 26.5. The molecule has 0 atom stereocenters. The van der Waals surface area contributed by atoms with Gasteiger partial charge in [0.1, 0.15) is 0 Å². The zero-order valence-corrected chi connectivity index (χ0v) is 13.2. The quantitative estimate of drug-likeness (QED) is 0.793. The molecule has 0 amide bonds. The maximum atomic E-state index is 12.6. The Bertz CT molecular complexity index is 538. The minimum atomic E-state index is -3.74. The monoisotopic (exact) mass is 301 g/mol. The van der Waals surface area contributed by atoms with Gasteiger partial charge in [-0.1, -0.05) is 6.92 Å². The molecule has 0 spiro atoms. The number of aromatic nitrogens is 1. The Morgan fingerprint density at radius 2 is 2.05 bits per heavy atom. The molecule has 1 aromatic rings. The topological polar surface area (TPSA) is 82.5 Å². The number of nitrogens with one attached hydrogen (secondary N) is 1. The molecule has 1 heterocycles. The predicted octanol–water partition coefficient (Wildman–Crippen LogP) is 1.29. The summed E-state index contributed by atoms with van der Waals surface area (Å²) in [6.45, 7) is 7.68. The molecule has 0 radical (unpaired) electrons. The molecule has 0 aliphatic rings. The van der Waals surface area contributed by atoms with Crippen molar-refractivity contribution in [1.29, 1.82) is 0 Å². The molecule has 2 N–H and O–H groups in total. The van der Waals surface area contributed by atoms with Crippen molar-refractivity contribution >= 4 is 15.7 Å². The maximum absolute atomic E-state index is 12.6. The smallest absolute Gasteiger partial charge is 0.262 e. The van der Waals surface area contributed by atoms with E-state index in [2.05, 4.69) is 10.3 Å². The van der Waals surface area contributed by atoms with Gasteiger partial charge in [0.15, 0.2) is 5.03 Å². The molecule has 7 heteroatoms. The first-order valence-electron chi connectivity index (χ1n) is 6.63. The molecule has 6 nitrogen and oxygen atoms in total. The highest BCUT2D eigenvalue weighted by atomic mass is 32.2. The van der Waals surface area contributed by atoms with Crippen molar-refractivity contribution in [2.24, 2.45) is 0 Å². The van der Waals surface area contributed by atoms with Gasteiger partial charge in [0.2, 0.25) is 0 Å². The zero-order valence-electron chi connectivity index (χ0n) is 12.4. The summed E-state index contributed by atoms with van der Waals surface area (Å²) in [6.07, 6.45) is 1.45. The Morgan fingerprint density at radius 1 is 1.40 bits per heavy atom. The number of aliphatic hydroxyl groups is 1. The fourth-order valence-electron chi connectivity index (χ4n) is 1.84. The standard InChI is InChI=1S/C13H23N3O3S/c1-5-14-11-8-7-9-15-12(11)20(18,19)16(6-2)10-13(3,4)17/h7-9,14,17H,5-6,10H2,1-4H3. The van der Waals surface area contributed by atoms with Crippen LogP contribution >= 0.6 is 0 Å². The van der Waals surface area contributed by atoms with Crippen molar-refractivity contribution in [3.8, 4) is 0 Å². The van der Waals surface area contributed by atoms with Crippen LogP contribution in [0.4, 0.5) is 5.69 Å². The van der Waals surface area contributed by atoms with Crippen molar-refractivity contribution in [2.45, 2.75) is 38.3 Å². The molecule has 0 fully saturated rings. The third-order valence-electron chi connectivity index (χ3n) is 2.64. The second kappa shape index (κ2) is 6.51. The lowest BCUT2D eigenvalue weighted by Crippen LogP contribution is -2.42. The molecule has 20 heavy (non-hydrogen) atoms. The molecule has 1 rings (SSSR count). The molecule has 0 aliphatic heterocycles. The fourth-order valence-corrected chi connectivity index (χ4v) is 3.52. The summed E-state index contributed by atoms with van der Waals surface area (Å²) in [6, 6.07) is 3.37. The van der Waals surface area contributed by atoms with E-state index >= 15 is 0 Å². The Kier molecular flexibility index (Phi) is 5.50. The first-order chi connectivity index (χ1) is 9.22. The third kappa shape index (κ3) is 4.16. The minimum Gasteiger partial charge on any atom is -0.389 e. The number of hydrogen-bond donors (Lipinski definition) is 2. The second-order valence-electron chi connectivity index (χ2n) is 5.13. The van der Waals surface area contributed by atoms with Crippen LogP contribution < -0.4 is 5.32 Å². The van der Waals surface area contributed by atoms with Crippen LogP contribution in [0.1, 0.15) is 27.7 Å². The van der Waals surface area contributed by atoms with Crippen molar-refractivity contribution in [1.82, 2.24) is 9.29 Å². The van der Waals surface area contributed by atoms with Crippen LogP contribution in [0.15, 0.2) is 23.4 Å². The van der Waals surface area contributed by atoms with E-state index in [1.807, 2.05) is 6.92 Å². The van der Waals surface area contributed by atoms with Crippen LogP contribution in [-0.2, 0) is 10.0 Å². The Morgan fingerprint density at radius 3 is 2.55 bits per heavy atom. The predicted molar refractivity (Wildman–Crippen MR) is 79.1 cm³/mol. The molecule has 0 aliphatic carbocycles. The van der Waals surface area contributed by atoms with Gasteiger partial charge in [-0.2, -0.15) is 4.31 Å². The summed E-state index contributed by atoms with van der Waals surface area (Å²) in [4.78, 5) is 3.99. The summed E-state index contributed by atoms with van der Waals surface area (Å²) in [5.41, 5.74) is -0.625. The summed E-state index contributed by atoms with van der Waals surface area (Å²) in [7, 11) is -3.74. The van der Waals surface area contributed by atoms with E-state index in [1.165, 1.54) is 10.5 Å². The molecule has 0 bridgehead atoms. The number of anilines is 1. The van der Waals surface area contributed by atoms with Gasteiger partial charge in [0.05, 0.1) is 11.3 Å². The molecular weight excluding hydrogens is 278 g/mol. The van der Waals surface area contributed by atoms with Crippen molar-refractivity contribution < 1.29 is 13.5 Å². The van der Waals surface area contributed by atoms with Gasteiger partial charge in [-0.05, 0) is 32.9 Å². The number of likely N-dealkylation sites (N-methyl/N-ethyl adjacent to an activating group) is 1. The summed E-state index contributed by atoms with van der Waals surface area (Å²) in [5, 5.41) is 12.8. The van der Waals surface area contributed by atoms with Crippen LogP contribution in [0.5, 0.6) is 0 Å². The van der Waals surface area contributed by atoms with E-state index in [-0.39, 0.29) is 18.1 Å². The van der Waals surface area contributed by atoms with Gasteiger partial charge in [-0.15, -0.1) is 0 Å². The average molecular weight is 301 g/mol. The van der Waals surface area contributed by atoms with Gasteiger partial charge in [0, 0.05) is 25.8 Å². The molecule has 0 unspecified atom stereocenters. The van der Waals surface area contributed by atoms with Gasteiger partial charge < -0.3 is 10.4 Å². The SMILES string of the molecule is CCNc1cccnc1S(=O)(=O)N(CC)CC(C)(C)O. The highest BCUT2D eigenvalue weighted by Gasteiger charge is 2.31. The Balaban J connectivity index is 3.21. The summed E-state index contributed by atoms with van der Waals surface area (Å²) >= 11 is 0. The van der Waals surface area contributed by atoms with Crippen molar-refractivity contribution in [2.75, 3.05) is 25.0 Å². The van der Waals surface area contributed by atoms with E-state index in [4.69, 9.17) is 0 Å². The highest BCUT2D eigenvalue weighted by molar-refractivity contribution is 7.89. The molecule has 0 saturated heterocycles. The Labute approximate surface area is 120 Å². The van der Waals surface area contributed by atoms with Crippen LogP contribution in [0.2, 0.25) is 0 Å². The van der Waals surface area contributed by atoms with Crippen LogP contribution in [0.25, 0.3) is 0 Å². The fraction of sp³-hybridized carbons (Fsp3) is 0.615. The number of hydrogen-bond acceptors (Lipinski definition) is 5. The van der Waals surface area contributed by atoms with Crippen molar-refractivity contribution in [3.05, 3.63) is 18.3 Å². The maximum Gasteiger partial charge on any atom is 0.262 e. The Hall–Kier alpha value is -1.18. The number of nitrogens with zero attached hydrogens (tertiary/aromatic N) is 2. The zero-order chi connectivity index (χ0) is 15.4.